The molecule has 1 aromatic rings. The van der Waals surface area contributed by atoms with Gasteiger partial charge in [-0.05, 0) is 31.0 Å². The van der Waals surface area contributed by atoms with E-state index in [9.17, 15) is 9.59 Å². The standard InChI is InChI=1S/C15H23N3O3/c1-11(16)3-8-14(19)18-10-15(20)17-9-12-4-6-13(21-2)7-5-12/h4-7,11H,3,8-10,16H2,1-2H3,(H,17,20)(H,18,19). The van der Waals surface area contributed by atoms with Crippen LogP contribution >= 0.6 is 0 Å². The van der Waals surface area contributed by atoms with Gasteiger partial charge in [-0.1, -0.05) is 12.1 Å². The first-order valence-corrected chi connectivity index (χ1v) is 6.93. The van der Waals surface area contributed by atoms with Gasteiger partial charge >= 0.3 is 0 Å². The molecular formula is C15H23N3O3. The second kappa shape index (κ2) is 8.97. The molecule has 21 heavy (non-hydrogen) atoms. The summed E-state index contributed by atoms with van der Waals surface area (Å²) in [4.78, 5) is 23.0. The Morgan fingerprint density at radius 3 is 2.43 bits per heavy atom. The Hall–Kier alpha value is -2.08. The van der Waals surface area contributed by atoms with Crippen LogP contribution in [0.3, 0.4) is 0 Å². The normalized spacial score (nSPS) is 11.6. The molecule has 116 valence electrons. The Morgan fingerprint density at radius 1 is 1.19 bits per heavy atom. The van der Waals surface area contributed by atoms with Crippen LogP contribution in [0.15, 0.2) is 24.3 Å². The van der Waals surface area contributed by atoms with Crippen molar-refractivity contribution in [2.24, 2.45) is 5.73 Å². The number of methoxy groups -OCH3 is 1. The van der Waals surface area contributed by atoms with E-state index in [2.05, 4.69) is 10.6 Å². The smallest absolute Gasteiger partial charge is 0.239 e. The van der Waals surface area contributed by atoms with Gasteiger partial charge in [-0.3, -0.25) is 9.59 Å². The molecule has 0 fully saturated rings. The molecule has 1 aromatic carbocycles. The number of amides is 2. The summed E-state index contributed by atoms with van der Waals surface area (Å²) >= 11 is 0. The van der Waals surface area contributed by atoms with Crippen molar-refractivity contribution < 1.29 is 14.3 Å². The molecule has 0 saturated carbocycles. The van der Waals surface area contributed by atoms with Crippen molar-refractivity contribution in [3.63, 3.8) is 0 Å². The highest BCUT2D eigenvalue weighted by Gasteiger charge is 2.06. The van der Waals surface area contributed by atoms with Gasteiger partial charge in [0, 0.05) is 19.0 Å². The van der Waals surface area contributed by atoms with Crippen LogP contribution in [0.2, 0.25) is 0 Å². The van der Waals surface area contributed by atoms with Gasteiger partial charge in [0.25, 0.3) is 0 Å². The number of carbonyl (C=O) groups is 2. The fraction of sp³-hybridized carbons (Fsp3) is 0.467. The maximum Gasteiger partial charge on any atom is 0.239 e. The number of rotatable bonds is 8. The Morgan fingerprint density at radius 2 is 1.86 bits per heavy atom. The van der Waals surface area contributed by atoms with E-state index in [0.717, 1.165) is 11.3 Å². The van der Waals surface area contributed by atoms with Crippen LogP contribution < -0.4 is 21.1 Å². The minimum atomic E-state index is -0.222. The number of nitrogens with one attached hydrogen (secondary N) is 2. The second-order valence-corrected chi connectivity index (χ2v) is 4.92. The molecule has 0 aliphatic heterocycles. The quantitative estimate of drug-likeness (QED) is 0.652. The minimum absolute atomic E-state index is 0.0142. The molecule has 0 aliphatic carbocycles. The van der Waals surface area contributed by atoms with Crippen LogP contribution in [0.1, 0.15) is 25.3 Å². The van der Waals surface area contributed by atoms with Gasteiger partial charge < -0.3 is 21.1 Å². The third-order valence-electron chi connectivity index (χ3n) is 2.92. The monoisotopic (exact) mass is 293 g/mol. The first-order valence-electron chi connectivity index (χ1n) is 6.93. The Bertz CT molecular complexity index is 458. The molecule has 6 nitrogen and oxygen atoms in total. The van der Waals surface area contributed by atoms with Crippen molar-refractivity contribution in [1.82, 2.24) is 10.6 Å². The van der Waals surface area contributed by atoms with E-state index in [0.29, 0.717) is 19.4 Å². The minimum Gasteiger partial charge on any atom is -0.497 e. The Balaban J connectivity index is 2.22. The maximum absolute atomic E-state index is 11.6. The van der Waals surface area contributed by atoms with E-state index < -0.39 is 0 Å². The van der Waals surface area contributed by atoms with Crippen molar-refractivity contribution in [2.45, 2.75) is 32.4 Å². The lowest BCUT2D eigenvalue weighted by atomic mass is 10.2. The molecule has 0 aliphatic rings. The number of ether oxygens (including phenoxy) is 1. The van der Waals surface area contributed by atoms with Gasteiger partial charge in [-0.2, -0.15) is 0 Å². The van der Waals surface area contributed by atoms with Crippen LogP contribution in [0.5, 0.6) is 5.75 Å². The lowest BCUT2D eigenvalue weighted by Gasteiger charge is -2.08. The molecule has 2 amide bonds. The zero-order valence-corrected chi connectivity index (χ0v) is 12.5. The third kappa shape index (κ3) is 7.31. The molecule has 6 heteroatoms. The van der Waals surface area contributed by atoms with Crippen molar-refractivity contribution in [1.29, 1.82) is 0 Å². The molecule has 0 aromatic heterocycles. The highest BCUT2D eigenvalue weighted by Crippen LogP contribution is 2.10. The highest BCUT2D eigenvalue weighted by atomic mass is 16.5. The third-order valence-corrected chi connectivity index (χ3v) is 2.92. The van der Waals surface area contributed by atoms with Gasteiger partial charge in [0.2, 0.25) is 11.8 Å². The number of hydrogen-bond donors (Lipinski definition) is 3. The molecule has 0 saturated heterocycles. The first-order chi connectivity index (χ1) is 10.0. The summed E-state index contributed by atoms with van der Waals surface area (Å²) in [5.41, 5.74) is 6.53. The molecule has 4 N–H and O–H groups in total. The van der Waals surface area contributed by atoms with Crippen LogP contribution in [-0.4, -0.2) is 31.5 Å². The second-order valence-electron chi connectivity index (χ2n) is 4.92. The first kappa shape index (κ1) is 17.0. The van der Waals surface area contributed by atoms with E-state index in [4.69, 9.17) is 10.5 Å². The molecule has 0 spiro atoms. The summed E-state index contributed by atoms with van der Waals surface area (Å²) in [5, 5.41) is 5.30. The Kier molecular flexibility index (Phi) is 7.25. The largest absolute Gasteiger partial charge is 0.497 e. The molecular weight excluding hydrogens is 270 g/mol. The van der Waals surface area contributed by atoms with Crippen LogP contribution in [0, 0.1) is 0 Å². The van der Waals surface area contributed by atoms with E-state index >= 15 is 0 Å². The van der Waals surface area contributed by atoms with Gasteiger partial charge in [0.05, 0.1) is 13.7 Å². The average Bonchev–Trinajstić information content (AvgIpc) is 2.49. The highest BCUT2D eigenvalue weighted by molar-refractivity contribution is 5.84. The lowest BCUT2D eigenvalue weighted by Crippen LogP contribution is -2.37. The zero-order valence-electron chi connectivity index (χ0n) is 12.5. The van der Waals surface area contributed by atoms with E-state index in [-0.39, 0.29) is 24.4 Å². The van der Waals surface area contributed by atoms with Gasteiger partial charge in [-0.25, -0.2) is 0 Å². The molecule has 0 bridgehead atoms. The molecule has 1 rings (SSSR count). The summed E-state index contributed by atoms with van der Waals surface area (Å²) in [7, 11) is 1.60. The fourth-order valence-electron chi connectivity index (χ4n) is 1.63. The molecule has 1 unspecified atom stereocenters. The molecule has 0 radical (unpaired) electrons. The topological polar surface area (TPSA) is 93.5 Å². The summed E-state index contributed by atoms with van der Waals surface area (Å²) in [6.45, 7) is 2.24. The SMILES string of the molecule is COc1ccc(CNC(=O)CNC(=O)CCC(C)N)cc1. The number of benzene rings is 1. The summed E-state index contributed by atoms with van der Waals surface area (Å²) in [5.74, 6) is 0.387. The van der Waals surface area contributed by atoms with E-state index in [1.165, 1.54) is 0 Å². The zero-order chi connectivity index (χ0) is 15.7. The summed E-state index contributed by atoms with van der Waals surface area (Å²) in [6.07, 6.45) is 0.947. The number of carbonyl (C=O) groups excluding carboxylic acids is 2. The van der Waals surface area contributed by atoms with E-state index in [1.54, 1.807) is 7.11 Å². The number of nitrogens with two attached hydrogens (primary N) is 1. The van der Waals surface area contributed by atoms with Crippen LogP contribution in [0.4, 0.5) is 0 Å². The summed E-state index contributed by atoms with van der Waals surface area (Å²) < 4.78 is 5.06. The van der Waals surface area contributed by atoms with Crippen LogP contribution in [-0.2, 0) is 16.1 Å². The Labute approximate surface area is 125 Å². The average molecular weight is 293 g/mol. The van der Waals surface area contributed by atoms with Gasteiger partial charge in [-0.15, -0.1) is 0 Å². The predicted octanol–water partition coefficient (Wildman–Crippen LogP) is 0.555. The number of hydrogen-bond acceptors (Lipinski definition) is 4. The van der Waals surface area contributed by atoms with Crippen molar-refractivity contribution in [2.75, 3.05) is 13.7 Å². The van der Waals surface area contributed by atoms with E-state index in [1.807, 2.05) is 31.2 Å². The predicted molar refractivity (Wildman–Crippen MR) is 80.7 cm³/mol. The van der Waals surface area contributed by atoms with Crippen molar-refractivity contribution in [3.05, 3.63) is 29.8 Å². The summed E-state index contributed by atoms with van der Waals surface area (Å²) in [6, 6.07) is 7.40. The molecule has 0 heterocycles. The van der Waals surface area contributed by atoms with Gasteiger partial charge in [0.1, 0.15) is 5.75 Å². The fourth-order valence-corrected chi connectivity index (χ4v) is 1.63. The maximum atomic E-state index is 11.6. The van der Waals surface area contributed by atoms with Crippen molar-refractivity contribution >= 4 is 11.8 Å². The lowest BCUT2D eigenvalue weighted by molar-refractivity contribution is -0.126. The van der Waals surface area contributed by atoms with Crippen LogP contribution in [0.25, 0.3) is 0 Å². The van der Waals surface area contributed by atoms with Crippen molar-refractivity contribution in [3.8, 4) is 5.75 Å². The molecule has 1 atom stereocenters. The van der Waals surface area contributed by atoms with Gasteiger partial charge in [0.15, 0.2) is 0 Å².